The molecular weight excluding hydrogens is 226 g/mol. The minimum atomic E-state index is 0.524. The highest BCUT2D eigenvalue weighted by Gasteiger charge is 2.26. The van der Waals surface area contributed by atoms with Crippen LogP contribution in [0.3, 0.4) is 0 Å². The molecule has 1 aromatic heterocycles. The summed E-state index contributed by atoms with van der Waals surface area (Å²) < 4.78 is 0.744. The number of aromatic nitrogens is 2. The van der Waals surface area contributed by atoms with Crippen molar-refractivity contribution in [1.82, 2.24) is 10.2 Å². The average molecular weight is 243 g/mol. The molecule has 0 aliphatic heterocycles. The normalized spacial score (nSPS) is 21.5. The third-order valence-electron chi connectivity index (χ3n) is 3.10. The predicted molar refractivity (Wildman–Crippen MR) is 67.0 cm³/mol. The Morgan fingerprint density at radius 2 is 2.13 bits per heavy atom. The fraction of sp³-hybridized carbons (Fsp3) is 0.800. The summed E-state index contributed by atoms with van der Waals surface area (Å²) in [6, 6.07) is 0.576. The van der Waals surface area contributed by atoms with Gasteiger partial charge in [0.1, 0.15) is 0 Å². The Morgan fingerprint density at radius 1 is 1.47 bits per heavy atom. The van der Waals surface area contributed by atoms with Crippen LogP contribution in [0.25, 0.3) is 0 Å². The fourth-order valence-corrected chi connectivity index (χ4v) is 2.88. The minimum absolute atomic E-state index is 0.524. The van der Waals surface area contributed by atoms with E-state index in [9.17, 15) is 0 Å². The molecule has 2 N–H and O–H groups in total. The summed E-state index contributed by atoms with van der Waals surface area (Å²) in [6.07, 6.45) is 5.06. The molecule has 0 radical (unpaired) electrons. The van der Waals surface area contributed by atoms with Crippen molar-refractivity contribution in [2.75, 3.05) is 5.32 Å². The highest BCUT2D eigenvalue weighted by molar-refractivity contribution is 7.73. The van der Waals surface area contributed by atoms with Crippen LogP contribution in [0.1, 0.15) is 39.5 Å². The molecule has 0 spiro atoms. The first kappa shape index (κ1) is 11.1. The minimum Gasteiger partial charge on any atom is -0.357 e. The number of hydrogen-bond donors (Lipinski definition) is 2. The number of rotatable bonds is 2. The lowest BCUT2D eigenvalue weighted by molar-refractivity contribution is 0.232. The van der Waals surface area contributed by atoms with Gasteiger partial charge in [0.15, 0.2) is 3.95 Å². The van der Waals surface area contributed by atoms with E-state index >= 15 is 0 Å². The van der Waals surface area contributed by atoms with Crippen LogP contribution in [-0.2, 0) is 0 Å². The molecule has 1 aliphatic carbocycles. The monoisotopic (exact) mass is 243 g/mol. The van der Waals surface area contributed by atoms with Gasteiger partial charge in [-0.15, -0.1) is 5.10 Å². The second-order valence-corrected chi connectivity index (χ2v) is 6.67. The van der Waals surface area contributed by atoms with Crippen molar-refractivity contribution in [2.45, 2.75) is 45.6 Å². The molecule has 1 aliphatic rings. The van der Waals surface area contributed by atoms with E-state index in [0.717, 1.165) is 9.09 Å². The van der Waals surface area contributed by atoms with Crippen LogP contribution >= 0.6 is 23.6 Å². The fourth-order valence-electron chi connectivity index (χ4n) is 2.01. The number of nitrogens with one attached hydrogen (secondary N) is 2. The van der Waals surface area contributed by atoms with Gasteiger partial charge in [0, 0.05) is 6.04 Å². The van der Waals surface area contributed by atoms with Gasteiger partial charge in [-0.1, -0.05) is 25.2 Å². The van der Waals surface area contributed by atoms with Gasteiger partial charge < -0.3 is 5.32 Å². The van der Waals surface area contributed by atoms with E-state index in [-0.39, 0.29) is 0 Å². The lowest BCUT2D eigenvalue weighted by Crippen LogP contribution is -2.29. The molecule has 15 heavy (non-hydrogen) atoms. The lowest BCUT2D eigenvalue weighted by atomic mass is 9.76. The molecule has 0 amide bonds. The molecule has 5 heteroatoms. The van der Waals surface area contributed by atoms with Crippen molar-refractivity contribution in [2.24, 2.45) is 5.41 Å². The molecule has 3 nitrogen and oxygen atoms in total. The number of anilines is 1. The van der Waals surface area contributed by atoms with E-state index < -0.39 is 0 Å². The Morgan fingerprint density at radius 3 is 2.67 bits per heavy atom. The molecule has 84 valence electrons. The van der Waals surface area contributed by atoms with Crippen LogP contribution in [-0.4, -0.2) is 16.2 Å². The Kier molecular flexibility index (Phi) is 3.11. The molecule has 0 saturated heterocycles. The summed E-state index contributed by atoms with van der Waals surface area (Å²) in [5.41, 5.74) is 0.524. The van der Waals surface area contributed by atoms with Gasteiger partial charge in [-0.2, -0.15) is 0 Å². The van der Waals surface area contributed by atoms with Gasteiger partial charge in [0.05, 0.1) is 0 Å². The average Bonchev–Trinajstić information content (AvgIpc) is 2.55. The first-order valence-corrected chi connectivity index (χ1v) is 6.60. The second-order valence-electron chi connectivity index (χ2n) is 5.00. The van der Waals surface area contributed by atoms with Crippen molar-refractivity contribution in [3.63, 3.8) is 0 Å². The molecule has 0 atom stereocenters. The summed E-state index contributed by atoms with van der Waals surface area (Å²) in [4.78, 5) is 0. The van der Waals surface area contributed by atoms with Crippen molar-refractivity contribution in [1.29, 1.82) is 0 Å². The van der Waals surface area contributed by atoms with Gasteiger partial charge in [-0.25, -0.2) is 0 Å². The first-order valence-electron chi connectivity index (χ1n) is 5.37. The molecule has 0 aromatic carbocycles. The Labute approximate surface area is 99.3 Å². The third kappa shape index (κ3) is 3.01. The number of hydrogen-bond acceptors (Lipinski definition) is 4. The summed E-state index contributed by atoms with van der Waals surface area (Å²) in [5.74, 6) is 0. The van der Waals surface area contributed by atoms with Crippen molar-refractivity contribution in [3.8, 4) is 0 Å². The lowest BCUT2D eigenvalue weighted by Gasteiger charge is -2.34. The maximum Gasteiger partial charge on any atom is 0.204 e. The van der Waals surface area contributed by atoms with Gasteiger partial charge in [-0.3, -0.25) is 5.10 Å². The van der Waals surface area contributed by atoms with Gasteiger partial charge in [0.2, 0.25) is 5.13 Å². The van der Waals surface area contributed by atoms with Crippen molar-refractivity contribution < 1.29 is 0 Å². The topological polar surface area (TPSA) is 40.7 Å². The first-order chi connectivity index (χ1) is 7.05. The van der Waals surface area contributed by atoms with Crippen LogP contribution < -0.4 is 5.32 Å². The van der Waals surface area contributed by atoms with E-state index in [1.165, 1.54) is 37.0 Å². The van der Waals surface area contributed by atoms with Crippen molar-refractivity contribution >= 4 is 28.7 Å². The second kappa shape index (κ2) is 4.22. The standard InChI is InChI=1S/C10H17N3S2/c1-10(2)5-3-7(4-6-10)11-8-12-13-9(14)15-8/h7H,3-6H2,1-2H3,(H,11,12)(H,13,14). The van der Waals surface area contributed by atoms with E-state index in [4.69, 9.17) is 12.2 Å². The number of H-pyrrole nitrogens is 1. The summed E-state index contributed by atoms with van der Waals surface area (Å²) in [7, 11) is 0. The molecule has 1 aromatic rings. The largest absolute Gasteiger partial charge is 0.357 e. The molecule has 1 heterocycles. The van der Waals surface area contributed by atoms with Crippen LogP contribution in [0.4, 0.5) is 5.13 Å². The number of nitrogens with zero attached hydrogens (tertiary/aromatic N) is 1. The quantitative estimate of drug-likeness (QED) is 0.780. The molecule has 2 rings (SSSR count). The Bertz CT molecular complexity index is 370. The van der Waals surface area contributed by atoms with E-state index in [1.807, 2.05) is 0 Å². The van der Waals surface area contributed by atoms with Crippen LogP contribution in [0.2, 0.25) is 0 Å². The molecule has 0 unspecified atom stereocenters. The summed E-state index contributed by atoms with van der Waals surface area (Å²) >= 11 is 6.52. The van der Waals surface area contributed by atoms with Crippen LogP contribution in [0, 0.1) is 9.37 Å². The zero-order valence-electron chi connectivity index (χ0n) is 9.17. The van der Waals surface area contributed by atoms with Gasteiger partial charge in [0.25, 0.3) is 0 Å². The zero-order valence-corrected chi connectivity index (χ0v) is 10.8. The Hall–Kier alpha value is -0.420. The Balaban J connectivity index is 1.90. The van der Waals surface area contributed by atoms with Gasteiger partial charge >= 0.3 is 0 Å². The number of aromatic amines is 1. The maximum absolute atomic E-state index is 5.00. The summed E-state index contributed by atoms with van der Waals surface area (Å²) in [5, 5.41) is 11.3. The smallest absolute Gasteiger partial charge is 0.204 e. The molecule has 1 fully saturated rings. The SMILES string of the molecule is CC1(C)CCC(Nc2n[nH]c(=S)s2)CC1. The van der Waals surface area contributed by atoms with E-state index in [1.54, 1.807) is 0 Å². The summed E-state index contributed by atoms with van der Waals surface area (Å²) in [6.45, 7) is 4.70. The van der Waals surface area contributed by atoms with Crippen LogP contribution in [0.15, 0.2) is 0 Å². The zero-order chi connectivity index (χ0) is 10.9. The van der Waals surface area contributed by atoms with E-state index in [0.29, 0.717) is 11.5 Å². The molecule has 1 saturated carbocycles. The maximum atomic E-state index is 5.00. The highest BCUT2D eigenvalue weighted by atomic mass is 32.1. The molecule has 0 bridgehead atoms. The van der Waals surface area contributed by atoms with E-state index in [2.05, 4.69) is 29.4 Å². The van der Waals surface area contributed by atoms with Crippen molar-refractivity contribution in [3.05, 3.63) is 3.95 Å². The van der Waals surface area contributed by atoms with Crippen LogP contribution in [0.5, 0.6) is 0 Å². The highest BCUT2D eigenvalue weighted by Crippen LogP contribution is 2.36. The third-order valence-corrected chi connectivity index (χ3v) is 4.13. The predicted octanol–water partition coefficient (Wildman–Crippen LogP) is 3.58. The van der Waals surface area contributed by atoms with Gasteiger partial charge in [-0.05, 0) is 43.3 Å². The molecular formula is C10H17N3S2.